The van der Waals surface area contributed by atoms with E-state index in [0.717, 1.165) is 0 Å². The van der Waals surface area contributed by atoms with Crippen molar-refractivity contribution >= 4 is 35.8 Å². The summed E-state index contributed by atoms with van der Waals surface area (Å²) in [6, 6.07) is 23.9. The van der Waals surface area contributed by atoms with Crippen LogP contribution in [0.15, 0.2) is 90.0 Å². The zero-order valence-electron chi connectivity index (χ0n) is 15.4. The zero-order chi connectivity index (χ0) is 20.7. The van der Waals surface area contributed by atoms with Crippen LogP contribution in [0.4, 0.5) is 0 Å². The summed E-state index contributed by atoms with van der Waals surface area (Å²) in [6.07, 6.45) is 1.19. The van der Waals surface area contributed by atoms with Crippen LogP contribution in [0.1, 0.15) is 15.9 Å². The molecule has 0 aliphatic carbocycles. The number of amides is 1. The Hall–Kier alpha value is -3.50. The van der Waals surface area contributed by atoms with E-state index in [4.69, 9.17) is 5.11 Å². The zero-order valence-corrected chi connectivity index (χ0v) is 16.3. The first-order chi connectivity index (χ1) is 14.0. The van der Waals surface area contributed by atoms with Crippen LogP contribution in [-0.2, 0) is 9.36 Å². The van der Waals surface area contributed by atoms with Gasteiger partial charge in [-0.15, -0.1) is 0 Å². The molecule has 3 aromatic carbocycles. The maximum atomic E-state index is 13.8. The Balaban J connectivity index is 1.74. The molecule has 0 atom stereocenters. The van der Waals surface area contributed by atoms with Crippen molar-refractivity contribution in [1.29, 1.82) is 0 Å². The van der Waals surface area contributed by atoms with E-state index in [1.807, 2.05) is 12.1 Å². The minimum atomic E-state index is -3.16. The SMILES string of the molecule is O=C(CP(=O)(c1ccccc1)c1ccccc1)NN=Cc1ccc(C(=O)O)cc1. The van der Waals surface area contributed by atoms with Crippen molar-refractivity contribution in [2.24, 2.45) is 5.10 Å². The van der Waals surface area contributed by atoms with Crippen LogP contribution < -0.4 is 16.0 Å². The summed E-state index contributed by atoms with van der Waals surface area (Å²) >= 11 is 0. The Bertz CT molecular complexity index is 1020. The summed E-state index contributed by atoms with van der Waals surface area (Å²) in [4.78, 5) is 23.3. The van der Waals surface area contributed by atoms with Crippen LogP contribution in [0.5, 0.6) is 0 Å². The van der Waals surface area contributed by atoms with Crippen LogP contribution >= 0.6 is 7.14 Å². The Morgan fingerprint density at radius 1 is 0.862 bits per heavy atom. The number of nitrogens with one attached hydrogen (secondary N) is 1. The number of carbonyl (C=O) groups excluding carboxylic acids is 1. The monoisotopic (exact) mass is 406 g/mol. The van der Waals surface area contributed by atoms with Crippen LogP contribution in [-0.4, -0.2) is 29.4 Å². The van der Waals surface area contributed by atoms with Gasteiger partial charge in [0.1, 0.15) is 0 Å². The third-order valence-corrected chi connectivity index (χ3v) is 7.27. The molecule has 0 aliphatic rings. The molecule has 0 bridgehead atoms. The van der Waals surface area contributed by atoms with Crippen molar-refractivity contribution in [3.05, 3.63) is 96.1 Å². The highest BCUT2D eigenvalue weighted by Gasteiger charge is 2.30. The number of hydrogen-bond acceptors (Lipinski definition) is 4. The third-order valence-electron chi connectivity index (χ3n) is 4.27. The van der Waals surface area contributed by atoms with E-state index < -0.39 is 19.0 Å². The van der Waals surface area contributed by atoms with Gasteiger partial charge >= 0.3 is 5.97 Å². The van der Waals surface area contributed by atoms with Gasteiger partial charge in [0.05, 0.1) is 17.9 Å². The smallest absolute Gasteiger partial charge is 0.335 e. The van der Waals surface area contributed by atoms with E-state index in [1.165, 1.54) is 18.3 Å². The van der Waals surface area contributed by atoms with Crippen molar-refractivity contribution in [2.75, 3.05) is 6.16 Å². The van der Waals surface area contributed by atoms with E-state index in [-0.39, 0.29) is 11.7 Å². The molecule has 0 heterocycles. The maximum absolute atomic E-state index is 13.8. The van der Waals surface area contributed by atoms with Crippen molar-refractivity contribution in [1.82, 2.24) is 5.43 Å². The van der Waals surface area contributed by atoms with Crippen LogP contribution in [0.2, 0.25) is 0 Å². The van der Waals surface area contributed by atoms with Gasteiger partial charge in [0, 0.05) is 10.6 Å². The molecule has 0 radical (unpaired) electrons. The number of carboxylic acid groups (broad SMARTS) is 1. The van der Waals surface area contributed by atoms with Gasteiger partial charge < -0.3 is 9.67 Å². The first-order valence-corrected chi connectivity index (χ1v) is 10.7. The molecule has 0 spiro atoms. The van der Waals surface area contributed by atoms with E-state index in [9.17, 15) is 14.2 Å². The summed E-state index contributed by atoms with van der Waals surface area (Å²) in [5.74, 6) is -1.49. The summed E-state index contributed by atoms with van der Waals surface area (Å²) < 4.78 is 13.8. The second-order valence-corrected chi connectivity index (χ2v) is 9.12. The largest absolute Gasteiger partial charge is 0.478 e. The number of hydrogen-bond donors (Lipinski definition) is 2. The summed E-state index contributed by atoms with van der Waals surface area (Å²) in [7, 11) is -3.16. The predicted octanol–water partition coefficient (Wildman–Crippen LogP) is 2.85. The molecule has 1 amide bonds. The Labute approximate surface area is 168 Å². The lowest BCUT2D eigenvalue weighted by Gasteiger charge is -2.18. The van der Waals surface area contributed by atoms with Crippen LogP contribution in [0.3, 0.4) is 0 Å². The summed E-state index contributed by atoms with van der Waals surface area (Å²) in [6.45, 7) is 0. The average Bonchev–Trinajstić information content (AvgIpc) is 2.75. The van der Waals surface area contributed by atoms with Gasteiger partial charge in [-0.3, -0.25) is 4.79 Å². The highest BCUT2D eigenvalue weighted by Crippen LogP contribution is 2.42. The fourth-order valence-corrected chi connectivity index (χ4v) is 5.24. The van der Waals surface area contributed by atoms with Gasteiger partial charge in [0.25, 0.3) is 0 Å². The first-order valence-electron chi connectivity index (χ1n) is 8.84. The molecule has 29 heavy (non-hydrogen) atoms. The van der Waals surface area contributed by atoms with Crippen LogP contribution in [0.25, 0.3) is 0 Å². The van der Waals surface area contributed by atoms with E-state index in [0.29, 0.717) is 16.2 Å². The van der Waals surface area contributed by atoms with Gasteiger partial charge in [0.2, 0.25) is 5.91 Å². The lowest BCUT2D eigenvalue weighted by atomic mass is 10.1. The Kier molecular flexibility index (Phi) is 6.37. The lowest BCUT2D eigenvalue weighted by molar-refractivity contribution is -0.118. The van der Waals surface area contributed by atoms with Gasteiger partial charge in [-0.05, 0) is 17.7 Å². The van der Waals surface area contributed by atoms with E-state index in [1.54, 1.807) is 60.7 Å². The van der Waals surface area contributed by atoms with E-state index >= 15 is 0 Å². The van der Waals surface area contributed by atoms with Crippen molar-refractivity contribution in [2.45, 2.75) is 0 Å². The normalized spacial score (nSPS) is 11.3. The molecule has 146 valence electrons. The second kappa shape index (κ2) is 9.13. The molecule has 0 saturated carbocycles. The molecule has 7 heteroatoms. The molecule has 0 aliphatic heterocycles. The van der Waals surface area contributed by atoms with Crippen molar-refractivity contribution < 1.29 is 19.3 Å². The minimum Gasteiger partial charge on any atom is -0.478 e. The molecule has 3 rings (SSSR count). The lowest BCUT2D eigenvalue weighted by Crippen LogP contribution is -2.28. The topological polar surface area (TPSA) is 95.8 Å². The number of benzene rings is 3. The standard InChI is InChI=1S/C22H19N2O4P/c25-21(24-23-15-17-11-13-18(14-12-17)22(26)27)16-29(28,19-7-3-1-4-8-19)20-9-5-2-6-10-20/h1-15H,16H2,(H,24,25)(H,26,27). The Morgan fingerprint density at radius 2 is 1.38 bits per heavy atom. The molecule has 6 nitrogen and oxygen atoms in total. The molecule has 0 saturated heterocycles. The number of hydrazone groups is 1. The number of nitrogens with zero attached hydrogens (tertiary/aromatic N) is 1. The number of aromatic carboxylic acids is 1. The van der Waals surface area contributed by atoms with Gasteiger partial charge in [0.15, 0.2) is 7.14 Å². The van der Waals surface area contributed by atoms with Crippen molar-refractivity contribution in [3.63, 3.8) is 0 Å². The molecular formula is C22H19N2O4P. The third kappa shape index (κ3) is 5.06. The molecule has 0 unspecified atom stereocenters. The number of carbonyl (C=O) groups is 2. The fraction of sp³-hybridized carbons (Fsp3) is 0.0455. The van der Waals surface area contributed by atoms with Gasteiger partial charge in [-0.2, -0.15) is 5.10 Å². The average molecular weight is 406 g/mol. The molecule has 0 fully saturated rings. The van der Waals surface area contributed by atoms with Gasteiger partial charge in [-0.25, -0.2) is 10.2 Å². The molecule has 2 N–H and O–H groups in total. The minimum absolute atomic E-state index is 0.165. The second-order valence-electron chi connectivity index (χ2n) is 6.29. The Morgan fingerprint density at radius 3 is 1.86 bits per heavy atom. The quantitative estimate of drug-likeness (QED) is 0.358. The molecule has 0 aromatic heterocycles. The summed E-state index contributed by atoms with van der Waals surface area (Å²) in [5, 5.41) is 14.0. The van der Waals surface area contributed by atoms with Crippen molar-refractivity contribution in [3.8, 4) is 0 Å². The van der Waals surface area contributed by atoms with Crippen LogP contribution in [0, 0.1) is 0 Å². The van der Waals surface area contributed by atoms with E-state index in [2.05, 4.69) is 10.5 Å². The molecule has 3 aromatic rings. The predicted molar refractivity (Wildman–Crippen MR) is 114 cm³/mol. The van der Waals surface area contributed by atoms with Gasteiger partial charge in [-0.1, -0.05) is 72.8 Å². The number of carboxylic acids is 1. The fourth-order valence-electron chi connectivity index (χ4n) is 2.80. The highest BCUT2D eigenvalue weighted by atomic mass is 31.2. The highest BCUT2D eigenvalue weighted by molar-refractivity contribution is 7.79. The maximum Gasteiger partial charge on any atom is 0.335 e. The molecular weight excluding hydrogens is 387 g/mol. The summed E-state index contributed by atoms with van der Waals surface area (Å²) in [5.41, 5.74) is 3.20. The number of rotatable bonds is 7. The first kappa shape index (κ1) is 20.2.